The van der Waals surface area contributed by atoms with Gasteiger partial charge in [-0.2, -0.15) is 0 Å². The number of benzene rings is 2. The average molecular weight is 258 g/mol. The van der Waals surface area contributed by atoms with Crippen LogP contribution >= 0.6 is 0 Å². The SMILES string of the molecule is O=C(c1ccc(F)cc1)c1cccc2c1OCCO2. The van der Waals surface area contributed by atoms with Gasteiger partial charge in [-0.3, -0.25) is 4.79 Å². The molecular weight excluding hydrogens is 247 g/mol. The predicted octanol–water partition coefficient (Wildman–Crippen LogP) is 2.83. The van der Waals surface area contributed by atoms with E-state index in [1.165, 1.54) is 24.3 Å². The highest BCUT2D eigenvalue weighted by molar-refractivity contribution is 6.11. The summed E-state index contributed by atoms with van der Waals surface area (Å²) in [5.41, 5.74) is 0.854. The van der Waals surface area contributed by atoms with E-state index in [9.17, 15) is 9.18 Å². The number of hydrogen-bond acceptors (Lipinski definition) is 3. The Kier molecular flexibility index (Phi) is 2.91. The molecule has 0 saturated heterocycles. The summed E-state index contributed by atoms with van der Waals surface area (Å²) >= 11 is 0. The van der Waals surface area contributed by atoms with E-state index >= 15 is 0 Å². The zero-order valence-electron chi connectivity index (χ0n) is 10.1. The standard InChI is InChI=1S/C15H11FO3/c16-11-6-4-10(5-7-11)14(17)12-2-1-3-13-15(12)19-9-8-18-13/h1-7H,8-9H2. The van der Waals surface area contributed by atoms with Gasteiger partial charge in [0.25, 0.3) is 0 Å². The Bertz CT molecular complexity index is 620. The Hall–Kier alpha value is -2.36. The molecule has 96 valence electrons. The van der Waals surface area contributed by atoms with Crippen LogP contribution in [0.3, 0.4) is 0 Å². The molecule has 2 aromatic carbocycles. The second kappa shape index (κ2) is 4.72. The normalized spacial score (nSPS) is 13.1. The molecule has 0 unspecified atom stereocenters. The fourth-order valence-corrected chi connectivity index (χ4v) is 2.01. The van der Waals surface area contributed by atoms with Crippen molar-refractivity contribution in [2.24, 2.45) is 0 Å². The van der Waals surface area contributed by atoms with E-state index < -0.39 is 0 Å². The molecule has 0 radical (unpaired) electrons. The lowest BCUT2D eigenvalue weighted by molar-refractivity contribution is 0.102. The van der Waals surface area contributed by atoms with Crippen LogP contribution in [-0.2, 0) is 0 Å². The molecule has 19 heavy (non-hydrogen) atoms. The van der Waals surface area contributed by atoms with E-state index in [0.29, 0.717) is 35.8 Å². The highest BCUT2D eigenvalue weighted by Gasteiger charge is 2.21. The maximum Gasteiger partial charge on any atom is 0.196 e. The molecule has 3 rings (SSSR count). The van der Waals surface area contributed by atoms with Crippen LogP contribution in [-0.4, -0.2) is 19.0 Å². The van der Waals surface area contributed by atoms with Crippen LogP contribution in [0.1, 0.15) is 15.9 Å². The molecule has 0 aromatic heterocycles. The molecule has 1 aliphatic heterocycles. The van der Waals surface area contributed by atoms with Crippen molar-refractivity contribution in [3.63, 3.8) is 0 Å². The Labute approximate surface area is 109 Å². The van der Waals surface area contributed by atoms with Crippen molar-refractivity contribution in [2.45, 2.75) is 0 Å². The van der Waals surface area contributed by atoms with E-state index in [0.717, 1.165) is 0 Å². The van der Waals surface area contributed by atoms with E-state index in [-0.39, 0.29) is 11.6 Å². The number of ketones is 1. The van der Waals surface area contributed by atoms with E-state index in [4.69, 9.17) is 9.47 Å². The third-order valence-corrected chi connectivity index (χ3v) is 2.92. The third kappa shape index (κ3) is 2.17. The zero-order valence-corrected chi connectivity index (χ0v) is 10.1. The minimum atomic E-state index is -0.369. The van der Waals surface area contributed by atoms with Gasteiger partial charge in [0, 0.05) is 5.56 Å². The number of fused-ring (bicyclic) bond motifs is 1. The number of para-hydroxylation sites is 1. The lowest BCUT2D eigenvalue weighted by atomic mass is 10.0. The van der Waals surface area contributed by atoms with Gasteiger partial charge in [0.2, 0.25) is 0 Å². The van der Waals surface area contributed by atoms with Gasteiger partial charge < -0.3 is 9.47 Å². The van der Waals surface area contributed by atoms with E-state index in [2.05, 4.69) is 0 Å². The Morgan fingerprint density at radius 2 is 1.74 bits per heavy atom. The first-order valence-corrected chi connectivity index (χ1v) is 5.94. The second-order valence-electron chi connectivity index (χ2n) is 4.17. The quantitative estimate of drug-likeness (QED) is 0.777. The molecule has 0 bridgehead atoms. The zero-order chi connectivity index (χ0) is 13.2. The van der Waals surface area contributed by atoms with Crippen LogP contribution in [0.2, 0.25) is 0 Å². The molecule has 0 fully saturated rings. The Balaban J connectivity index is 2.02. The van der Waals surface area contributed by atoms with Crippen molar-refractivity contribution in [1.29, 1.82) is 0 Å². The van der Waals surface area contributed by atoms with Crippen LogP contribution in [0.4, 0.5) is 4.39 Å². The first-order chi connectivity index (χ1) is 9.25. The monoisotopic (exact) mass is 258 g/mol. The largest absolute Gasteiger partial charge is 0.486 e. The molecule has 0 saturated carbocycles. The minimum absolute atomic E-state index is 0.206. The lowest BCUT2D eigenvalue weighted by Gasteiger charge is -2.20. The molecule has 0 N–H and O–H groups in total. The molecule has 0 aliphatic carbocycles. The molecule has 0 atom stereocenters. The summed E-state index contributed by atoms with van der Waals surface area (Å²) < 4.78 is 23.8. The second-order valence-corrected chi connectivity index (χ2v) is 4.17. The maximum atomic E-state index is 12.9. The van der Waals surface area contributed by atoms with Gasteiger partial charge >= 0.3 is 0 Å². The molecule has 2 aromatic rings. The highest BCUT2D eigenvalue weighted by atomic mass is 19.1. The van der Waals surface area contributed by atoms with Gasteiger partial charge in [0.1, 0.15) is 19.0 Å². The third-order valence-electron chi connectivity index (χ3n) is 2.92. The summed E-state index contributed by atoms with van der Waals surface area (Å²) in [5, 5.41) is 0. The number of ether oxygens (including phenoxy) is 2. The smallest absolute Gasteiger partial charge is 0.196 e. The van der Waals surface area contributed by atoms with Crippen LogP contribution in [0.15, 0.2) is 42.5 Å². The highest BCUT2D eigenvalue weighted by Crippen LogP contribution is 2.34. The number of hydrogen-bond donors (Lipinski definition) is 0. The lowest BCUT2D eigenvalue weighted by Crippen LogP contribution is -2.18. The first-order valence-electron chi connectivity index (χ1n) is 5.94. The van der Waals surface area contributed by atoms with Crippen molar-refractivity contribution in [3.05, 3.63) is 59.4 Å². The van der Waals surface area contributed by atoms with Gasteiger partial charge in [-0.1, -0.05) is 6.07 Å². The predicted molar refractivity (Wildman–Crippen MR) is 67.3 cm³/mol. The Morgan fingerprint density at radius 1 is 1.00 bits per heavy atom. The Morgan fingerprint density at radius 3 is 2.53 bits per heavy atom. The summed E-state index contributed by atoms with van der Waals surface area (Å²) in [6.45, 7) is 0.891. The average Bonchev–Trinajstić information content (AvgIpc) is 2.47. The van der Waals surface area contributed by atoms with Crippen molar-refractivity contribution in [3.8, 4) is 11.5 Å². The van der Waals surface area contributed by atoms with Crippen LogP contribution in [0.25, 0.3) is 0 Å². The summed E-state index contributed by atoms with van der Waals surface area (Å²) in [6, 6.07) is 10.6. The van der Waals surface area contributed by atoms with Gasteiger partial charge in [-0.25, -0.2) is 4.39 Å². The molecule has 3 nitrogen and oxygen atoms in total. The number of rotatable bonds is 2. The fourth-order valence-electron chi connectivity index (χ4n) is 2.01. The van der Waals surface area contributed by atoms with Crippen molar-refractivity contribution in [1.82, 2.24) is 0 Å². The van der Waals surface area contributed by atoms with Crippen molar-refractivity contribution < 1.29 is 18.7 Å². The molecule has 1 aliphatic rings. The van der Waals surface area contributed by atoms with Crippen LogP contribution < -0.4 is 9.47 Å². The minimum Gasteiger partial charge on any atom is -0.486 e. The first kappa shape index (κ1) is 11.7. The molecule has 1 heterocycles. The fraction of sp³-hybridized carbons (Fsp3) is 0.133. The number of halogens is 1. The topological polar surface area (TPSA) is 35.5 Å². The summed E-state index contributed by atoms with van der Waals surface area (Å²) in [4.78, 5) is 12.4. The summed E-state index contributed by atoms with van der Waals surface area (Å²) in [6.07, 6.45) is 0. The van der Waals surface area contributed by atoms with E-state index in [1.54, 1.807) is 18.2 Å². The molecule has 0 spiro atoms. The van der Waals surface area contributed by atoms with Gasteiger partial charge in [-0.05, 0) is 36.4 Å². The van der Waals surface area contributed by atoms with Crippen molar-refractivity contribution in [2.75, 3.05) is 13.2 Å². The molecular formula is C15H11FO3. The van der Waals surface area contributed by atoms with Gasteiger partial charge in [0.15, 0.2) is 17.3 Å². The number of carbonyl (C=O) groups is 1. The number of carbonyl (C=O) groups excluding carboxylic acids is 1. The maximum absolute atomic E-state index is 12.9. The van der Waals surface area contributed by atoms with Gasteiger partial charge in [0.05, 0.1) is 5.56 Å². The molecule has 4 heteroatoms. The van der Waals surface area contributed by atoms with Gasteiger partial charge in [-0.15, -0.1) is 0 Å². The van der Waals surface area contributed by atoms with Crippen molar-refractivity contribution >= 4 is 5.78 Å². The summed E-state index contributed by atoms with van der Waals surface area (Å²) in [7, 11) is 0. The van der Waals surface area contributed by atoms with Crippen LogP contribution in [0, 0.1) is 5.82 Å². The molecule has 0 amide bonds. The van der Waals surface area contributed by atoms with E-state index in [1.807, 2.05) is 0 Å². The summed E-state index contributed by atoms with van der Waals surface area (Å²) in [5.74, 6) is 0.455. The van der Waals surface area contributed by atoms with Crippen LogP contribution in [0.5, 0.6) is 11.5 Å².